The van der Waals surface area contributed by atoms with Gasteiger partial charge in [-0.15, -0.1) is 0 Å². The molecule has 0 saturated carbocycles. The molecule has 9 heteroatoms. The third-order valence-corrected chi connectivity index (χ3v) is 7.29. The van der Waals surface area contributed by atoms with E-state index < -0.39 is 22.0 Å². The Morgan fingerprint density at radius 3 is 2.31 bits per heavy atom. The Kier molecular flexibility index (Phi) is 8.44. The van der Waals surface area contributed by atoms with Gasteiger partial charge < -0.3 is 5.32 Å². The van der Waals surface area contributed by atoms with Gasteiger partial charge in [0.2, 0.25) is 15.9 Å². The van der Waals surface area contributed by atoms with Crippen molar-refractivity contribution in [1.82, 2.24) is 10.2 Å². The molecule has 3 rings (SSSR count). The molecule has 1 aliphatic rings. The van der Waals surface area contributed by atoms with Crippen LogP contribution >= 0.6 is 23.2 Å². The summed E-state index contributed by atoms with van der Waals surface area (Å²) in [6.07, 6.45) is 3.84. The summed E-state index contributed by atoms with van der Waals surface area (Å²) in [6, 6.07) is 11.7. The van der Waals surface area contributed by atoms with Crippen LogP contribution in [-0.2, 0) is 27.9 Å². The van der Waals surface area contributed by atoms with Gasteiger partial charge in [-0.25, -0.2) is 8.42 Å². The van der Waals surface area contributed by atoms with E-state index in [9.17, 15) is 13.2 Å². The molecule has 2 aromatic rings. The largest absolute Gasteiger partial charge is 0.350 e. The Balaban J connectivity index is 1.70. The predicted molar refractivity (Wildman–Crippen MR) is 131 cm³/mol. The smallest absolute Gasteiger partial charge is 0.244 e. The number of hydrogen-bond donors (Lipinski definition) is 1. The normalized spacial score (nSPS) is 15.5. The standard InChI is InChI=1S/C23H29Cl2N3O3S/c1-3-21(28(32(2,30)31)22-14-19(24)10-11-20(22)25)23(29)26-15-17-6-8-18(9-7-17)16-27-12-4-5-13-27/h6-11,14,21H,3-5,12-13,15-16H2,1-2H3,(H,26,29). The second-order valence-electron chi connectivity index (χ2n) is 8.10. The van der Waals surface area contributed by atoms with Gasteiger partial charge in [0.25, 0.3) is 0 Å². The molecule has 1 N–H and O–H groups in total. The molecule has 1 heterocycles. The van der Waals surface area contributed by atoms with Gasteiger partial charge in [0, 0.05) is 18.1 Å². The van der Waals surface area contributed by atoms with Gasteiger partial charge in [0.05, 0.1) is 17.0 Å². The van der Waals surface area contributed by atoms with Crippen LogP contribution < -0.4 is 9.62 Å². The first kappa shape index (κ1) is 24.8. The van der Waals surface area contributed by atoms with E-state index in [0.717, 1.165) is 35.8 Å². The van der Waals surface area contributed by atoms with Crippen molar-refractivity contribution in [2.45, 2.75) is 45.3 Å². The summed E-state index contributed by atoms with van der Waals surface area (Å²) in [5.74, 6) is -0.393. The number of nitrogens with one attached hydrogen (secondary N) is 1. The molecule has 0 spiro atoms. The van der Waals surface area contributed by atoms with Crippen LogP contribution in [0.3, 0.4) is 0 Å². The highest BCUT2D eigenvalue weighted by molar-refractivity contribution is 7.92. The molecule has 1 saturated heterocycles. The summed E-state index contributed by atoms with van der Waals surface area (Å²) in [4.78, 5) is 15.4. The maximum absolute atomic E-state index is 13.0. The lowest BCUT2D eigenvalue weighted by molar-refractivity contribution is -0.122. The summed E-state index contributed by atoms with van der Waals surface area (Å²) in [7, 11) is -3.79. The van der Waals surface area contributed by atoms with Crippen molar-refractivity contribution in [2.24, 2.45) is 0 Å². The number of benzene rings is 2. The third kappa shape index (κ3) is 6.38. The van der Waals surface area contributed by atoms with Crippen molar-refractivity contribution < 1.29 is 13.2 Å². The minimum atomic E-state index is -3.79. The molecular weight excluding hydrogens is 469 g/mol. The highest BCUT2D eigenvalue weighted by atomic mass is 35.5. The van der Waals surface area contributed by atoms with E-state index in [2.05, 4.69) is 22.3 Å². The van der Waals surface area contributed by atoms with Gasteiger partial charge in [-0.05, 0) is 61.7 Å². The number of sulfonamides is 1. The topological polar surface area (TPSA) is 69.7 Å². The average molecular weight is 498 g/mol. The van der Waals surface area contributed by atoms with Crippen molar-refractivity contribution in [2.75, 3.05) is 23.7 Å². The fourth-order valence-corrected chi connectivity index (χ4v) is 5.60. The van der Waals surface area contributed by atoms with Crippen LogP contribution in [0.15, 0.2) is 42.5 Å². The minimum Gasteiger partial charge on any atom is -0.350 e. The lowest BCUT2D eigenvalue weighted by Crippen LogP contribution is -2.49. The lowest BCUT2D eigenvalue weighted by Gasteiger charge is -2.30. The van der Waals surface area contributed by atoms with Crippen molar-refractivity contribution in [3.8, 4) is 0 Å². The molecule has 32 heavy (non-hydrogen) atoms. The number of anilines is 1. The van der Waals surface area contributed by atoms with Crippen LogP contribution in [0.25, 0.3) is 0 Å². The first-order valence-corrected chi connectivity index (χ1v) is 13.3. The molecule has 0 aliphatic carbocycles. The Hall–Kier alpha value is -1.80. The molecule has 0 radical (unpaired) electrons. The summed E-state index contributed by atoms with van der Waals surface area (Å²) < 4.78 is 26.2. The fourth-order valence-electron chi connectivity index (χ4n) is 3.96. The number of carbonyl (C=O) groups excluding carboxylic acids is 1. The zero-order valence-corrected chi connectivity index (χ0v) is 20.7. The molecular formula is C23H29Cl2N3O3S. The second kappa shape index (κ2) is 10.9. The van der Waals surface area contributed by atoms with Crippen LogP contribution in [0.4, 0.5) is 5.69 Å². The highest BCUT2D eigenvalue weighted by Crippen LogP contribution is 2.33. The monoisotopic (exact) mass is 497 g/mol. The average Bonchev–Trinajstić information content (AvgIpc) is 3.25. The van der Waals surface area contributed by atoms with Crippen molar-refractivity contribution in [3.05, 3.63) is 63.6 Å². The Morgan fingerprint density at radius 1 is 1.09 bits per heavy atom. The van der Waals surface area contributed by atoms with Gasteiger partial charge in [-0.2, -0.15) is 0 Å². The number of nitrogens with zero attached hydrogens (tertiary/aromatic N) is 2. The third-order valence-electron chi connectivity index (χ3n) is 5.57. The van der Waals surface area contributed by atoms with Gasteiger partial charge in [0.1, 0.15) is 6.04 Å². The quantitative estimate of drug-likeness (QED) is 0.555. The summed E-state index contributed by atoms with van der Waals surface area (Å²) in [5.41, 5.74) is 2.38. The molecule has 1 aliphatic heterocycles. The summed E-state index contributed by atoms with van der Waals surface area (Å²) in [6.45, 7) is 5.29. The number of rotatable bonds is 9. The molecule has 1 atom stereocenters. The van der Waals surface area contributed by atoms with E-state index in [1.54, 1.807) is 13.0 Å². The molecule has 0 aromatic heterocycles. The van der Waals surface area contributed by atoms with Crippen molar-refractivity contribution in [1.29, 1.82) is 0 Å². The summed E-state index contributed by atoms with van der Waals surface area (Å²) >= 11 is 12.3. The van der Waals surface area contributed by atoms with Crippen LogP contribution in [0.1, 0.15) is 37.3 Å². The number of carbonyl (C=O) groups is 1. The fraction of sp³-hybridized carbons (Fsp3) is 0.435. The molecule has 0 bridgehead atoms. The maximum Gasteiger partial charge on any atom is 0.244 e. The Morgan fingerprint density at radius 2 is 1.72 bits per heavy atom. The Labute approximate surface area is 200 Å². The SMILES string of the molecule is CCC(C(=O)NCc1ccc(CN2CCCC2)cc1)N(c1cc(Cl)ccc1Cl)S(C)(=O)=O. The molecule has 1 amide bonds. The van der Waals surface area contributed by atoms with Crippen molar-refractivity contribution in [3.63, 3.8) is 0 Å². The number of likely N-dealkylation sites (tertiary alicyclic amines) is 1. The number of amides is 1. The number of hydrogen-bond acceptors (Lipinski definition) is 4. The molecule has 1 fully saturated rings. The van der Waals surface area contributed by atoms with E-state index >= 15 is 0 Å². The second-order valence-corrected chi connectivity index (χ2v) is 10.8. The van der Waals surface area contributed by atoms with E-state index in [0.29, 0.717) is 11.6 Å². The molecule has 1 unspecified atom stereocenters. The zero-order chi connectivity index (χ0) is 23.3. The van der Waals surface area contributed by atoms with Crippen LogP contribution in [0.2, 0.25) is 10.0 Å². The van der Waals surface area contributed by atoms with Gasteiger partial charge in [-0.3, -0.25) is 14.0 Å². The first-order valence-electron chi connectivity index (χ1n) is 10.7. The van der Waals surface area contributed by atoms with Crippen LogP contribution in [0, 0.1) is 0 Å². The predicted octanol–water partition coefficient (Wildman–Crippen LogP) is 4.45. The van der Waals surface area contributed by atoms with Crippen LogP contribution in [-0.4, -0.2) is 44.6 Å². The van der Waals surface area contributed by atoms with E-state index in [1.165, 1.54) is 30.5 Å². The van der Waals surface area contributed by atoms with Gasteiger partial charge in [-0.1, -0.05) is 54.4 Å². The molecule has 174 valence electrons. The lowest BCUT2D eigenvalue weighted by atomic mass is 10.1. The van der Waals surface area contributed by atoms with Crippen LogP contribution in [0.5, 0.6) is 0 Å². The number of halogens is 2. The first-order chi connectivity index (χ1) is 15.2. The van der Waals surface area contributed by atoms with Gasteiger partial charge in [0.15, 0.2) is 0 Å². The summed E-state index contributed by atoms with van der Waals surface area (Å²) in [5, 5.41) is 3.41. The van der Waals surface area contributed by atoms with E-state index in [-0.39, 0.29) is 17.1 Å². The van der Waals surface area contributed by atoms with Crippen molar-refractivity contribution >= 4 is 44.8 Å². The zero-order valence-electron chi connectivity index (χ0n) is 18.4. The molecule has 6 nitrogen and oxygen atoms in total. The maximum atomic E-state index is 13.0. The minimum absolute atomic E-state index is 0.190. The highest BCUT2D eigenvalue weighted by Gasteiger charge is 2.32. The Bertz CT molecular complexity index is 1040. The van der Waals surface area contributed by atoms with E-state index in [4.69, 9.17) is 23.2 Å². The van der Waals surface area contributed by atoms with E-state index in [1.807, 2.05) is 12.1 Å². The molecule has 2 aromatic carbocycles. The van der Waals surface area contributed by atoms with Gasteiger partial charge >= 0.3 is 0 Å².